The van der Waals surface area contributed by atoms with Gasteiger partial charge in [-0.15, -0.1) is 0 Å². The first-order chi connectivity index (χ1) is 10.4. The van der Waals surface area contributed by atoms with E-state index in [-0.39, 0.29) is 11.7 Å². The zero-order valence-corrected chi connectivity index (χ0v) is 13.6. The molecule has 0 fully saturated rings. The third-order valence-electron chi connectivity index (χ3n) is 3.14. The van der Waals surface area contributed by atoms with E-state index in [4.69, 9.17) is 23.2 Å². The summed E-state index contributed by atoms with van der Waals surface area (Å²) in [5.41, 5.74) is 1.56. The van der Waals surface area contributed by atoms with Crippen LogP contribution in [0.1, 0.15) is 12.5 Å². The number of carbonyl (C=O) groups excluding carboxylic acids is 1. The fourth-order valence-corrected chi connectivity index (χ4v) is 2.29. The topological polar surface area (TPSA) is 41.1 Å². The smallest absolute Gasteiger partial charge is 0.246 e. The van der Waals surface area contributed by atoms with Crippen molar-refractivity contribution >= 4 is 40.5 Å². The zero-order chi connectivity index (χ0) is 16.3. The van der Waals surface area contributed by atoms with Crippen LogP contribution in [0.5, 0.6) is 0 Å². The maximum Gasteiger partial charge on any atom is 0.246 e. The Kier molecular flexibility index (Phi) is 5.27. The van der Waals surface area contributed by atoms with Gasteiger partial charge in [-0.05, 0) is 49.7 Å². The molecule has 6 heteroatoms. The molecule has 1 amide bonds. The second-order valence-electron chi connectivity index (χ2n) is 4.94. The van der Waals surface area contributed by atoms with Crippen LogP contribution in [-0.2, 0) is 4.79 Å². The molecule has 0 heterocycles. The van der Waals surface area contributed by atoms with Gasteiger partial charge in [-0.1, -0.05) is 29.3 Å². The molecule has 0 saturated heterocycles. The SMILES string of the molecule is Cc1ccc(NC(C)C(=O)Nc2ccc(Cl)cc2Cl)cc1F. The van der Waals surface area contributed by atoms with E-state index in [1.54, 1.807) is 44.2 Å². The molecule has 0 aliphatic heterocycles. The van der Waals surface area contributed by atoms with E-state index in [2.05, 4.69) is 10.6 Å². The largest absolute Gasteiger partial charge is 0.374 e. The number of rotatable bonds is 4. The monoisotopic (exact) mass is 340 g/mol. The number of benzene rings is 2. The van der Waals surface area contributed by atoms with Gasteiger partial charge >= 0.3 is 0 Å². The molecular formula is C16H15Cl2FN2O. The number of anilines is 2. The highest BCUT2D eigenvalue weighted by Gasteiger charge is 2.14. The van der Waals surface area contributed by atoms with Gasteiger partial charge in [-0.25, -0.2) is 4.39 Å². The van der Waals surface area contributed by atoms with Gasteiger partial charge < -0.3 is 10.6 Å². The number of carbonyl (C=O) groups is 1. The third kappa shape index (κ3) is 4.12. The van der Waals surface area contributed by atoms with E-state index in [0.29, 0.717) is 27.0 Å². The van der Waals surface area contributed by atoms with Crippen molar-refractivity contribution in [2.24, 2.45) is 0 Å². The van der Waals surface area contributed by atoms with Gasteiger partial charge in [0.05, 0.1) is 10.7 Å². The summed E-state index contributed by atoms with van der Waals surface area (Å²) in [4.78, 5) is 12.1. The predicted molar refractivity (Wildman–Crippen MR) is 89.3 cm³/mol. The van der Waals surface area contributed by atoms with Crippen molar-refractivity contribution in [1.82, 2.24) is 0 Å². The van der Waals surface area contributed by atoms with Crippen LogP contribution in [0.4, 0.5) is 15.8 Å². The normalized spacial score (nSPS) is 11.9. The lowest BCUT2D eigenvalue weighted by molar-refractivity contribution is -0.116. The van der Waals surface area contributed by atoms with Crippen molar-refractivity contribution in [1.29, 1.82) is 0 Å². The Morgan fingerprint density at radius 3 is 2.55 bits per heavy atom. The molecule has 2 rings (SSSR count). The Bertz CT molecular complexity index is 707. The van der Waals surface area contributed by atoms with Crippen molar-refractivity contribution in [3.05, 3.63) is 57.8 Å². The third-order valence-corrected chi connectivity index (χ3v) is 3.69. The molecule has 3 nitrogen and oxygen atoms in total. The van der Waals surface area contributed by atoms with Crippen LogP contribution in [0.3, 0.4) is 0 Å². The Labute approximate surface area is 138 Å². The molecule has 2 N–H and O–H groups in total. The number of halogens is 3. The average molecular weight is 341 g/mol. The number of amides is 1. The molecule has 0 radical (unpaired) electrons. The summed E-state index contributed by atoms with van der Waals surface area (Å²) in [6.45, 7) is 3.36. The summed E-state index contributed by atoms with van der Waals surface area (Å²) in [6.07, 6.45) is 0. The summed E-state index contributed by atoms with van der Waals surface area (Å²) in [5.74, 6) is -0.608. The van der Waals surface area contributed by atoms with Crippen molar-refractivity contribution in [3.63, 3.8) is 0 Å². The molecule has 2 aromatic carbocycles. The first-order valence-corrected chi connectivity index (χ1v) is 7.41. The molecule has 1 atom stereocenters. The van der Waals surface area contributed by atoms with Gasteiger partial charge in [0.15, 0.2) is 0 Å². The molecule has 0 spiro atoms. The summed E-state index contributed by atoms with van der Waals surface area (Å²) in [5, 5.41) is 6.48. The maximum atomic E-state index is 13.5. The molecule has 22 heavy (non-hydrogen) atoms. The highest BCUT2D eigenvalue weighted by molar-refractivity contribution is 6.36. The molecular weight excluding hydrogens is 326 g/mol. The fraction of sp³-hybridized carbons (Fsp3) is 0.188. The minimum atomic E-state index is -0.561. The summed E-state index contributed by atoms with van der Waals surface area (Å²) in [6, 6.07) is 8.97. The van der Waals surface area contributed by atoms with Crippen molar-refractivity contribution < 1.29 is 9.18 Å². The lowest BCUT2D eigenvalue weighted by atomic mass is 10.2. The molecule has 0 aromatic heterocycles. The van der Waals surface area contributed by atoms with E-state index >= 15 is 0 Å². The highest BCUT2D eigenvalue weighted by Crippen LogP contribution is 2.25. The molecule has 0 aliphatic rings. The van der Waals surface area contributed by atoms with Crippen molar-refractivity contribution in [2.45, 2.75) is 19.9 Å². The second-order valence-corrected chi connectivity index (χ2v) is 5.79. The molecule has 0 aliphatic carbocycles. The van der Waals surface area contributed by atoms with Crippen LogP contribution < -0.4 is 10.6 Å². The van der Waals surface area contributed by atoms with Gasteiger partial charge in [0.25, 0.3) is 0 Å². The summed E-state index contributed by atoms with van der Waals surface area (Å²) < 4.78 is 13.5. The first kappa shape index (κ1) is 16.6. The Hall–Kier alpha value is -1.78. The van der Waals surface area contributed by atoms with Crippen LogP contribution in [0.15, 0.2) is 36.4 Å². The fourth-order valence-electron chi connectivity index (χ4n) is 1.83. The quantitative estimate of drug-likeness (QED) is 0.832. The van der Waals surface area contributed by atoms with Crippen LogP contribution in [0.25, 0.3) is 0 Å². The van der Waals surface area contributed by atoms with Gasteiger partial charge in [-0.3, -0.25) is 4.79 Å². The number of hydrogen-bond acceptors (Lipinski definition) is 2. The van der Waals surface area contributed by atoms with E-state index in [1.807, 2.05) is 0 Å². The Morgan fingerprint density at radius 1 is 1.18 bits per heavy atom. The number of aryl methyl sites for hydroxylation is 1. The molecule has 1 unspecified atom stereocenters. The molecule has 0 bridgehead atoms. The Morgan fingerprint density at radius 2 is 1.91 bits per heavy atom. The average Bonchev–Trinajstić information content (AvgIpc) is 2.45. The van der Waals surface area contributed by atoms with Crippen LogP contribution in [0.2, 0.25) is 10.0 Å². The first-order valence-electron chi connectivity index (χ1n) is 6.65. The van der Waals surface area contributed by atoms with Gasteiger partial charge in [-0.2, -0.15) is 0 Å². The van der Waals surface area contributed by atoms with Crippen LogP contribution in [-0.4, -0.2) is 11.9 Å². The second kappa shape index (κ2) is 6.99. The molecule has 116 valence electrons. The standard InChI is InChI=1S/C16H15Cl2FN2O/c1-9-3-5-12(8-14(9)19)20-10(2)16(22)21-15-6-4-11(17)7-13(15)18/h3-8,10,20H,1-2H3,(H,21,22). The van der Waals surface area contributed by atoms with E-state index in [9.17, 15) is 9.18 Å². The minimum absolute atomic E-state index is 0.287. The number of hydrogen-bond donors (Lipinski definition) is 2. The van der Waals surface area contributed by atoms with E-state index in [1.165, 1.54) is 6.07 Å². The van der Waals surface area contributed by atoms with Gasteiger partial charge in [0, 0.05) is 10.7 Å². The van der Waals surface area contributed by atoms with Crippen molar-refractivity contribution in [3.8, 4) is 0 Å². The van der Waals surface area contributed by atoms with E-state index < -0.39 is 6.04 Å². The lowest BCUT2D eigenvalue weighted by Crippen LogP contribution is -2.32. The molecule has 0 saturated carbocycles. The minimum Gasteiger partial charge on any atom is -0.374 e. The number of nitrogens with one attached hydrogen (secondary N) is 2. The van der Waals surface area contributed by atoms with Crippen LogP contribution in [0, 0.1) is 12.7 Å². The maximum absolute atomic E-state index is 13.5. The summed E-state index contributed by atoms with van der Waals surface area (Å²) in [7, 11) is 0. The van der Waals surface area contributed by atoms with Gasteiger partial charge in [0.1, 0.15) is 11.9 Å². The highest BCUT2D eigenvalue weighted by atomic mass is 35.5. The van der Waals surface area contributed by atoms with Gasteiger partial charge in [0.2, 0.25) is 5.91 Å². The van der Waals surface area contributed by atoms with Crippen molar-refractivity contribution in [2.75, 3.05) is 10.6 Å². The zero-order valence-electron chi connectivity index (χ0n) is 12.1. The predicted octanol–water partition coefficient (Wildman–Crippen LogP) is 4.88. The van der Waals surface area contributed by atoms with E-state index in [0.717, 1.165) is 0 Å². The summed E-state index contributed by atoms with van der Waals surface area (Å²) >= 11 is 11.8. The Balaban J connectivity index is 2.04. The van der Waals surface area contributed by atoms with Crippen LogP contribution >= 0.6 is 23.2 Å². The lowest BCUT2D eigenvalue weighted by Gasteiger charge is -2.16. The molecule has 2 aromatic rings.